The fourth-order valence-electron chi connectivity index (χ4n) is 1.83. The Labute approximate surface area is 129 Å². The van der Waals surface area contributed by atoms with Crippen LogP contribution in [0.2, 0.25) is 0 Å². The molecule has 2 N–H and O–H groups in total. The number of urea groups is 1. The van der Waals surface area contributed by atoms with Crippen molar-refractivity contribution >= 4 is 11.8 Å². The summed E-state index contributed by atoms with van der Waals surface area (Å²) in [6.07, 6.45) is 3.33. The van der Waals surface area contributed by atoms with Gasteiger partial charge in [-0.15, -0.1) is 0 Å². The Morgan fingerprint density at radius 1 is 1.23 bits per heavy atom. The van der Waals surface area contributed by atoms with Crippen LogP contribution in [0.1, 0.15) is 25.0 Å². The van der Waals surface area contributed by atoms with Gasteiger partial charge in [0.2, 0.25) is 5.88 Å². The fraction of sp³-hybridized carbons (Fsp3) is 0.312. The normalized spacial score (nSPS) is 10.4. The molecule has 0 saturated carbocycles. The van der Waals surface area contributed by atoms with Crippen molar-refractivity contribution in [2.45, 2.75) is 33.4 Å². The Balaban J connectivity index is 1.95. The van der Waals surface area contributed by atoms with Gasteiger partial charge < -0.3 is 10.1 Å². The smallest absolute Gasteiger partial charge is 0.320 e. The Morgan fingerprint density at radius 2 is 1.95 bits per heavy atom. The maximum absolute atomic E-state index is 11.9. The molecule has 0 fully saturated rings. The zero-order valence-corrected chi connectivity index (χ0v) is 13.0. The largest absolute Gasteiger partial charge is 0.475 e. The van der Waals surface area contributed by atoms with Gasteiger partial charge in [0.25, 0.3) is 0 Å². The van der Waals surface area contributed by atoms with E-state index in [1.165, 1.54) is 0 Å². The third-order valence-corrected chi connectivity index (χ3v) is 2.88. The van der Waals surface area contributed by atoms with Crippen molar-refractivity contribution in [1.29, 1.82) is 0 Å². The maximum Gasteiger partial charge on any atom is 0.320 e. The molecule has 2 aromatic heterocycles. The molecule has 2 heterocycles. The van der Waals surface area contributed by atoms with E-state index in [-0.39, 0.29) is 12.1 Å². The molecule has 0 aliphatic rings. The van der Waals surface area contributed by atoms with Gasteiger partial charge in [-0.1, -0.05) is 12.1 Å². The summed E-state index contributed by atoms with van der Waals surface area (Å²) in [5.41, 5.74) is 1.73. The number of aromatic nitrogens is 2. The van der Waals surface area contributed by atoms with Crippen molar-refractivity contribution in [3.05, 3.63) is 47.8 Å². The minimum Gasteiger partial charge on any atom is -0.475 e. The van der Waals surface area contributed by atoms with Crippen molar-refractivity contribution < 1.29 is 9.53 Å². The first-order valence-electron chi connectivity index (χ1n) is 7.13. The van der Waals surface area contributed by atoms with Gasteiger partial charge in [0.05, 0.1) is 6.10 Å². The standard InChI is InChI=1S/C16H20N4O2/c1-11(2)22-15-13(7-5-9-18-15)10-19-16(21)20-14-12(3)6-4-8-17-14/h4-9,11H,10H2,1-3H3,(H2,17,19,20,21). The third-order valence-electron chi connectivity index (χ3n) is 2.88. The zero-order chi connectivity index (χ0) is 15.9. The second-order valence-corrected chi connectivity index (χ2v) is 5.11. The average Bonchev–Trinajstić information content (AvgIpc) is 2.48. The summed E-state index contributed by atoms with van der Waals surface area (Å²) in [5, 5.41) is 5.50. The number of rotatable bonds is 5. The number of pyridine rings is 2. The van der Waals surface area contributed by atoms with Crippen LogP contribution in [-0.4, -0.2) is 22.1 Å². The summed E-state index contributed by atoms with van der Waals surface area (Å²) >= 11 is 0. The molecule has 6 heteroatoms. The number of nitrogens with zero attached hydrogens (tertiary/aromatic N) is 2. The summed E-state index contributed by atoms with van der Waals surface area (Å²) in [6.45, 7) is 6.08. The Morgan fingerprint density at radius 3 is 2.68 bits per heavy atom. The quantitative estimate of drug-likeness (QED) is 0.890. The lowest BCUT2D eigenvalue weighted by atomic mass is 10.2. The highest BCUT2D eigenvalue weighted by Gasteiger charge is 2.09. The van der Waals surface area contributed by atoms with Crippen molar-refractivity contribution in [3.63, 3.8) is 0 Å². The molecule has 0 aliphatic heterocycles. The number of hydrogen-bond acceptors (Lipinski definition) is 4. The van der Waals surface area contributed by atoms with Crippen LogP contribution in [0.4, 0.5) is 10.6 Å². The highest BCUT2D eigenvalue weighted by Crippen LogP contribution is 2.15. The summed E-state index contributed by atoms with van der Waals surface area (Å²) in [4.78, 5) is 20.3. The molecule has 116 valence electrons. The molecule has 2 amide bonds. The summed E-state index contributed by atoms with van der Waals surface area (Å²) in [5.74, 6) is 1.08. The highest BCUT2D eigenvalue weighted by atomic mass is 16.5. The topological polar surface area (TPSA) is 76.1 Å². The van der Waals surface area contributed by atoms with Crippen molar-refractivity contribution in [2.75, 3.05) is 5.32 Å². The molecule has 0 saturated heterocycles. The van der Waals surface area contributed by atoms with Gasteiger partial charge >= 0.3 is 6.03 Å². The number of nitrogens with one attached hydrogen (secondary N) is 2. The predicted molar refractivity (Wildman–Crippen MR) is 84.8 cm³/mol. The second kappa shape index (κ2) is 7.40. The molecule has 2 aromatic rings. The monoisotopic (exact) mass is 300 g/mol. The molecule has 0 radical (unpaired) electrons. The molecule has 0 aromatic carbocycles. The first kappa shape index (κ1) is 15.8. The summed E-state index contributed by atoms with van der Waals surface area (Å²) in [7, 11) is 0. The van der Waals surface area contributed by atoms with E-state index >= 15 is 0 Å². The number of anilines is 1. The fourth-order valence-corrected chi connectivity index (χ4v) is 1.83. The van der Waals surface area contributed by atoms with Gasteiger partial charge in [-0.25, -0.2) is 14.8 Å². The van der Waals surface area contributed by atoms with Gasteiger partial charge in [-0.2, -0.15) is 0 Å². The van der Waals surface area contributed by atoms with E-state index in [0.717, 1.165) is 11.1 Å². The first-order chi connectivity index (χ1) is 10.6. The number of amides is 2. The van der Waals surface area contributed by atoms with Crippen LogP contribution in [0.25, 0.3) is 0 Å². The molecule has 0 spiro atoms. The Kier molecular flexibility index (Phi) is 5.30. The Bertz CT molecular complexity index is 644. The van der Waals surface area contributed by atoms with Crippen LogP contribution in [0.15, 0.2) is 36.7 Å². The molecule has 6 nitrogen and oxygen atoms in total. The molecular weight excluding hydrogens is 280 g/mol. The van der Waals surface area contributed by atoms with Crippen molar-refractivity contribution in [3.8, 4) is 5.88 Å². The SMILES string of the molecule is Cc1cccnc1NC(=O)NCc1cccnc1OC(C)C. The van der Waals surface area contributed by atoms with Crippen LogP contribution < -0.4 is 15.4 Å². The van der Waals surface area contributed by atoms with Crippen LogP contribution in [0.5, 0.6) is 5.88 Å². The van der Waals surface area contributed by atoms with Gasteiger partial charge in [0.15, 0.2) is 0 Å². The number of carbonyl (C=O) groups excluding carboxylic acids is 1. The van der Waals surface area contributed by atoms with E-state index in [0.29, 0.717) is 18.2 Å². The van der Waals surface area contributed by atoms with E-state index in [4.69, 9.17) is 4.74 Å². The number of hydrogen-bond donors (Lipinski definition) is 2. The number of ether oxygens (including phenoxy) is 1. The maximum atomic E-state index is 11.9. The molecule has 0 atom stereocenters. The van der Waals surface area contributed by atoms with Crippen molar-refractivity contribution in [2.24, 2.45) is 0 Å². The van der Waals surface area contributed by atoms with Gasteiger partial charge in [-0.3, -0.25) is 5.32 Å². The Hall–Kier alpha value is -2.63. The number of aryl methyl sites for hydroxylation is 1. The molecule has 0 unspecified atom stereocenters. The average molecular weight is 300 g/mol. The van der Waals surface area contributed by atoms with E-state index in [9.17, 15) is 4.79 Å². The lowest BCUT2D eigenvalue weighted by Crippen LogP contribution is -2.29. The predicted octanol–water partition coefficient (Wildman–Crippen LogP) is 2.89. The lowest BCUT2D eigenvalue weighted by molar-refractivity contribution is 0.229. The van der Waals surface area contributed by atoms with Crippen LogP contribution in [0, 0.1) is 6.92 Å². The molecular formula is C16H20N4O2. The summed E-state index contributed by atoms with van der Waals surface area (Å²) in [6, 6.07) is 7.07. The van der Waals surface area contributed by atoms with Gasteiger partial charge in [-0.05, 0) is 38.5 Å². The molecule has 0 aliphatic carbocycles. The molecule has 0 bridgehead atoms. The third kappa shape index (κ3) is 4.44. The zero-order valence-electron chi connectivity index (χ0n) is 13.0. The van der Waals surface area contributed by atoms with E-state index in [1.807, 2.05) is 45.0 Å². The van der Waals surface area contributed by atoms with Crippen molar-refractivity contribution in [1.82, 2.24) is 15.3 Å². The van der Waals surface area contributed by atoms with Crippen LogP contribution in [0.3, 0.4) is 0 Å². The second-order valence-electron chi connectivity index (χ2n) is 5.11. The summed E-state index contributed by atoms with van der Waals surface area (Å²) < 4.78 is 5.62. The van der Waals surface area contributed by atoms with E-state index < -0.39 is 0 Å². The van der Waals surface area contributed by atoms with Crippen LogP contribution in [-0.2, 0) is 6.54 Å². The molecule has 2 rings (SSSR count). The van der Waals surface area contributed by atoms with Gasteiger partial charge in [0, 0.05) is 24.5 Å². The van der Waals surface area contributed by atoms with Crippen LogP contribution >= 0.6 is 0 Å². The minimum atomic E-state index is -0.318. The minimum absolute atomic E-state index is 0.0265. The number of carbonyl (C=O) groups is 1. The highest BCUT2D eigenvalue weighted by molar-refractivity contribution is 5.88. The molecule has 22 heavy (non-hydrogen) atoms. The first-order valence-corrected chi connectivity index (χ1v) is 7.13. The van der Waals surface area contributed by atoms with Gasteiger partial charge in [0.1, 0.15) is 5.82 Å². The van der Waals surface area contributed by atoms with E-state index in [2.05, 4.69) is 20.6 Å². The lowest BCUT2D eigenvalue weighted by Gasteiger charge is -2.13. The van der Waals surface area contributed by atoms with E-state index in [1.54, 1.807) is 12.4 Å².